The minimum atomic E-state index is -1.26. The number of aromatic nitrogens is 1. The molecule has 1 saturated heterocycles. The van der Waals surface area contributed by atoms with Crippen molar-refractivity contribution in [1.29, 1.82) is 0 Å². The van der Waals surface area contributed by atoms with Gasteiger partial charge in [0.1, 0.15) is 11.4 Å². The highest BCUT2D eigenvalue weighted by atomic mass is 19.1. The van der Waals surface area contributed by atoms with Gasteiger partial charge in [-0.1, -0.05) is 18.2 Å². The number of pyridine rings is 1. The summed E-state index contributed by atoms with van der Waals surface area (Å²) in [6, 6.07) is 7.13. The second-order valence-corrected chi connectivity index (χ2v) is 10.7. The van der Waals surface area contributed by atoms with E-state index in [-0.39, 0.29) is 61.1 Å². The molecule has 2 amide bonds. The standard InChI is InChI=1S/C27H36FN3O5/c1-18(2)29(6)24(33)21-16-31(23(32)15-20(21)19-9-7-8-10-22(19)28)17-27(35)11-13-30(14-12-27)25(34)36-26(3,4)5/h7-10,15-16,18,35H,11-14,17H2,1-6H3. The Morgan fingerprint density at radius 1 is 1.17 bits per heavy atom. The maximum Gasteiger partial charge on any atom is 0.410 e. The molecule has 2 heterocycles. The third-order valence-corrected chi connectivity index (χ3v) is 6.43. The summed E-state index contributed by atoms with van der Waals surface area (Å²) in [6.45, 7) is 9.58. The summed E-state index contributed by atoms with van der Waals surface area (Å²) in [6.07, 6.45) is 1.44. The van der Waals surface area contributed by atoms with E-state index in [1.165, 1.54) is 38.8 Å². The third-order valence-electron chi connectivity index (χ3n) is 6.43. The van der Waals surface area contributed by atoms with Crippen LogP contribution in [0, 0.1) is 5.82 Å². The number of carbonyl (C=O) groups is 2. The van der Waals surface area contributed by atoms with Gasteiger partial charge in [0.05, 0.1) is 17.7 Å². The van der Waals surface area contributed by atoms with Crippen molar-refractivity contribution in [2.24, 2.45) is 0 Å². The fourth-order valence-electron chi connectivity index (χ4n) is 4.10. The molecule has 9 heteroatoms. The number of ether oxygens (including phenoxy) is 1. The van der Waals surface area contributed by atoms with Gasteiger partial charge in [0, 0.05) is 49.6 Å². The van der Waals surface area contributed by atoms with Crippen LogP contribution >= 0.6 is 0 Å². The van der Waals surface area contributed by atoms with Crippen molar-refractivity contribution < 1.29 is 23.8 Å². The minimum Gasteiger partial charge on any atom is -0.444 e. The van der Waals surface area contributed by atoms with Crippen LogP contribution in [0.4, 0.5) is 9.18 Å². The van der Waals surface area contributed by atoms with E-state index in [2.05, 4.69) is 0 Å². The van der Waals surface area contributed by atoms with E-state index >= 15 is 0 Å². The molecule has 2 aromatic rings. The molecule has 196 valence electrons. The number of benzene rings is 1. The lowest BCUT2D eigenvalue weighted by Gasteiger charge is -2.39. The Kier molecular flexibility index (Phi) is 7.93. The average molecular weight is 502 g/mol. The van der Waals surface area contributed by atoms with Gasteiger partial charge in [-0.25, -0.2) is 9.18 Å². The first-order valence-electron chi connectivity index (χ1n) is 12.2. The number of nitrogens with zero attached hydrogens (tertiary/aromatic N) is 3. The Labute approximate surface area is 211 Å². The molecule has 1 aromatic heterocycles. The first kappa shape index (κ1) is 27.4. The summed E-state index contributed by atoms with van der Waals surface area (Å²) in [5.41, 5.74) is -1.80. The molecule has 0 spiro atoms. The number of carbonyl (C=O) groups excluding carboxylic acids is 2. The molecular weight excluding hydrogens is 465 g/mol. The Morgan fingerprint density at radius 2 is 1.78 bits per heavy atom. The molecular formula is C27H36FN3O5. The van der Waals surface area contributed by atoms with Crippen LogP contribution in [0.1, 0.15) is 57.8 Å². The van der Waals surface area contributed by atoms with Crippen molar-refractivity contribution in [3.05, 3.63) is 58.3 Å². The van der Waals surface area contributed by atoms with Crippen LogP contribution in [-0.2, 0) is 11.3 Å². The van der Waals surface area contributed by atoms with Gasteiger partial charge in [0.15, 0.2) is 0 Å². The lowest BCUT2D eigenvalue weighted by Crippen LogP contribution is -2.50. The Balaban J connectivity index is 1.91. The number of likely N-dealkylation sites (tertiary alicyclic amines) is 1. The number of amides is 2. The molecule has 0 unspecified atom stereocenters. The smallest absolute Gasteiger partial charge is 0.410 e. The highest BCUT2D eigenvalue weighted by Crippen LogP contribution is 2.29. The summed E-state index contributed by atoms with van der Waals surface area (Å²) < 4.78 is 21.3. The zero-order valence-electron chi connectivity index (χ0n) is 21.9. The number of hydrogen-bond donors (Lipinski definition) is 1. The zero-order valence-corrected chi connectivity index (χ0v) is 21.9. The van der Waals surface area contributed by atoms with E-state index in [1.807, 2.05) is 13.8 Å². The molecule has 1 N–H and O–H groups in total. The molecule has 0 radical (unpaired) electrons. The van der Waals surface area contributed by atoms with Crippen LogP contribution < -0.4 is 5.56 Å². The molecule has 0 atom stereocenters. The zero-order chi connectivity index (χ0) is 26.8. The summed E-state index contributed by atoms with van der Waals surface area (Å²) in [7, 11) is 1.65. The first-order valence-corrected chi connectivity index (χ1v) is 12.2. The molecule has 0 bridgehead atoms. The molecule has 3 rings (SSSR count). The second-order valence-electron chi connectivity index (χ2n) is 10.7. The SMILES string of the molecule is CC(C)N(C)C(=O)c1cn(CC2(O)CCN(C(=O)OC(C)(C)C)CC2)c(=O)cc1-c1ccccc1F. The lowest BCUT2D eigenvalue weighted by atomic mass is 9.91. The predicted octanol–water partition coefficient (Wildman–Crippen LogP) is 3.90. The molecule has 0 aliphatic carbocycles. The van der Waals surface area contributed by atoms with Crippen molar-refractivity contribution in [3.8, 4) is 11.1 Å². The molecule has 1 aliphatic heterocycles. The summed E-state index contributed by atoms with van der Waals surface area (Å²) in [5.74, 6) is -0.896. The van der Waals surface area contributed by atoms with Gasteiger partial charge in [-0.05, 0) is 53.5 Å². The molecule has 1 fully saturated rings. The second kappa shape index (κ2) is 10.4. The van der Waals surface area contributed by atoms with Gasteiger partial charge in [0.2, 0.25) is 0 Å². The predicted molar refractivity (Wildman–Crippen MR) is 135 cm³/mol. The topological polar surface area (TPSA) is 92.1 Å². The summed E-state index contributed by atoms with van der Waals surface area (Å²) >= 11 is 0. The normalized spacial score (nSPS) is 15.6. The largest absolute Gasteiger partial charge is 0.444 e. The Hall–Kier alpha value is -3.20. The summed E-state index contributed by atoms with van der Waals surface area (Å²) in [5, 5.41) is 11.2. The van der Waals surface area contributed by atoms with Crippen molar-refractivity contribution >= 4 is 12.0 Å². The minimum absolute atomic E-state index is 0.0583. The van der Waals surface area contributed by atoms with Gasteiger partial charge in [0.25, 0.3) is 11.5 Å². The van der Waals surface area contributed by atoms with E-state index in [4.69, 9.17) is 4.74 Å². The molecule has 0 saturated carbocycles. The molecule has 1 aliphatic rings. The van der Waals surface area contributed by atoms with Crippen molar-refractivity contribution in [2.45, 2.75) is 71.2 Å². The van der Waals surface area contributed by atoms with E-state index in [0.717, 1.165) is 0 Å². The van der Waals surface area contributed by atoms with Gasteiger partial charge >= 0.3 is 6.09 Å². The van der Waals surface area contributed by atoms with Crippen LogP contribution in [0.25, 0.3) is 11.1 Å². The van der Waals surface area contributed by atoms with E-state index in [1.54, 1.807) is 40.0 Å². The van der Waals surface area contributed by atoms with E-state index in [0.29, 0.717) is 0 Å². The highest BCUT2D eigenvalue weighted by molar-refractivity contribution is 6.00. The molecule has 1 aromatic carbocycles. The van der Waals surface area contributed by atoms with E-state index < -0.39 is 28.7 Å². The van der Waals surface area contributed by atoms with Crippen LogP contribution in [-0.4, -0.2) is 68.9 Å². The van der Waals surface area contributed by atoms with Crippen LogP contribution in [0.15, 0.2) is 41.3 Å². The number of piperidine rings is 1. The third kappa shape index (κ3) is 6.32. The quantitative estimate of drug-likeness (QED) is 0.671. The van der Waals surface area contributed by atoms with Gasteiger partial charge in [-0.3, -0.25) is 9.59 Å². The maximum absolute atomic E-state index is 14.6. The Morgan fingerprint density at radius 3 is 2.33 bits per heavy atom. The number of halogens is 1. The van der Waals surface area contributed by atoms with Gasteiger partial charge in [-0.2, -0.15) is 0 Å². The first-order chi connectivity index (χ1) is 16.7. The van der Waals surface area contributed by atoms with Gasteiger partial charge < -0.3 is 24.2 Å². The highest BCUT2D eigenvalue weighted by Gasteiger charge is 2.36. The molecule has 36 heavy (non-hydrogen) atoms. The van der Waals surface area contributed by atoms with Crippen LogP contribution in [0.3, 0.4) is 0 Å². The fraction of sp³-hybridized carbons (Fsp3) is 0.519. The van der Waals surface area contributed by atoms with Crippen molar-refractivity contribution in [2.75, 3.05) is 20.1 Å². The van der Waals surface area contributed by atoms with Crippen molar-refractivity contribution in [3.63, 3.8) is 0 Å². The van der Waals surface area contributed by atoms with Crippen LogP contribution in [0.2, 0.25) is 0 Å². The Bertz CT molecular complexity index is 1180. The average Bonchev–Trinajstić information content (AvgIpc) is 2.78. The summed E-state index contributed by atoms with van der Waals surface area (Å²) in [4.78, 5) is 41.8. The van der Waals surface area contributed by atoms with Crippen LogP contribution in [0.5, 0.6) is 0 Å². The van der Waals surface area contributed by atoms with Crippen molar-refractivity contribution in [1.82, 2.24) is 14.4 Å². The fourth-order valence-corrected chi connectivity index (χ4v) is 4.10. The maximum atomic E-state index is 14.6. The number of rotatable bonds is 5. The number of aliphatic hydroxyl groups is 1. The lowest BCUT2D eigenvalue weighted by molar-refractivity contribution is -0.0419. The monoisotopic (exact) mass is 501 g/mol. The van der Waals surface area contributed by atoms with E-state index in [9.17, 15) is 23.9 Å². The van der Waals surface area contributed by atoms with Gasteiger partial charge in [-0.15, -0.1) is 0 Å². The number of hydrogen-bond acceptors (Lipinski definition) is 5. The molecule has 8 nitrogen and oxygen atoms in total.